The fourth-order valence-electron chi connectivity index (χ4n) is 7.67. The molecule has 0 amide bonds. The van der Waals surface area contributed by atoms with E-state index < -0.39 is 35.9 Å². The molecule has 0 heterocycles. The van der Waals surface area contributed by atoms with Crippen molar-refractivity contribution in [3.05, 3.63) is 29.6 Å². The molecule has 0 atom stereocenters. The Hall–Kier alpha value is -1.47. The Morgan fingerprint density at radius 1 is 0.795 bits per heavy atom. The number of ether oxygens (including phenoxy) is 1. The molecule has 1 aromatic carbocycles. The molecule has 3 aliphatic rings. The fraction of sp³-hybridized carbons (Fsp3) is 0.806. The molecular weight excluding hydrogens is 521 g/mol. The minimum absolute atomic E-state index is 0.0318. The Kier molecular flexibility index (Phi) is 10.2. The van der Waals surface area contributed by atoms with E-state index in [1.54, 1.807) is 0 Å². The highest BCUT2D eigenvalue weighted by Gasteiger charge is 2.45. The Morgan fingerprint density at radius 3 is 1.90 bits per heavy atom. The second-order valence-corrected chi connectivity index (χ2v) is 12.5. The fourth-order valence-corrected chi connectivity index (χ4v) is 7.67. The molecule has 3 fully saturated rings. The van der Waals surface area contributed by atoms with E-state index in [1.807, 2.05) is 0 Å². The van der Waals surface area contributed by atoms with Crippen LogP contribution in [0.2, 0.25) is 0 Å². The maximum Gasteiger partial charge on any atom is 0.461 e. The van der Waals surface area contributed by atoms with Crippen LogP contribution in [0.5, 0.6) is 5.75 Å². The van der Waals surface area contributed by atoms with E-state index in [0.29, 0.717) is 36.2 Å². The largest absolute Gasteiger partial charge is 0.461 e. The first kappa shape index (κ1) is 30.5. The van der Waals surface area contributed by atoms with Crippen LogP contribution >= 0.6 is 0 Å². The quantitative estimate of drug-likeness (QED) is 0.257. The zero-order valence-electron chi connectivity index (χ0n) is 22.9. The standard InChI is InChI=1S/C31H43F7O/c1-2-3-20-6-15-26(16-7-20)30(35,36)19-21-4-8-22(9-5-21)23-10-12-24(13-11-23)25-14-17-28(27(32)18-25)39-31(37,38)29(33)34/h14,17-18,20-24,26,29H,2-13,15-16,19H2,1H3. The molecule has 222 valence electrons. The van der Waals surface area contributed by atoms with Crippen molar-refractivity contribution in [1.29, 1.82) is 0 Å². The molecule has 0 unspecified atom stereocenters. The monoisotopic (exact) mass is 564 g/mol. The van der Waals surface area contributed by atoms with Gasteiger partial charge in [0, 0.05) is 12.3 Å². The van der Waals surface area contributed by atoms with E-state index >= 15 is 8.78 Å². The zero-order chi connectivity index (χ0) is 28.2. The highest BCUT2D eigenvalue weighted by Crippen LogP contribution is 2.48. The molecule has 3 aliphatic carbocycles. The van der Waals surface area contributed by atoms with Gasteiger partial charge in [0.2, 0.25) is 0 Å². The zero-order valence-corrected chi connectivity index (χ0v) is 22.9. The highest BCUT2D eigenvalue weighted by atomic mass is 19.3. The Labute approximate surface area is 228 Å². The minimum Gasteiger partial charge on any atom is -0.425 e. The van der Waals surface area contributed by atoms with Crippen LogP contribution in [0, 0.1) is 35.4 Å². The SMILES string of the molecule is CCCC1CCC(C(F)(F)CC2CCC(C3CCC(c4ccc(OC(F)(F)C(F)F)c(F)c4)CC3)CC2)CC1. The van der Waals surface area contributed by atoms with Crippen LogP contribution in [0.1, 0.15) is 115 Å². The first-order valence-corrected chi connectivity index (χ1v) is 15.0. The average Bonchev–Trinajstić information content (AvgIpc) is 2.90. The molecule has 39 heavy (non-hydrogen) atoms. The molecule has 0 spiro atoms. The highest BCUT2D eigenvalue weighted by molar-refractivity contribution is 5.32. The molecule has 0 aliphatic heterocycles. The lowest BCUT2D eigenvalue weighted by Gasteiger charge is -2.40. The van der Waals surface area contributed by atoms with Crippen LogP contribution < -0.4 is 4.74 Å². The van der Waals surface area contributed by atoms with Crippen molar-refractivity contribution >= 4 is 0 Å². The molecular formula is C31H43F7O. The van der Waals surface area contributed by atoms with E-state index in [4.69, 9.17) is 0 Å². The van der Waals surface area contributed by atoms with Crippen molar-refractivity contribution in [2.75, 3.05) is 0 Å². The van der Waals surface area contributed by atoms with Crippen LogP contribution in [-0.2, 0) is 0 Å². The predicted molar refractivity (Wildman–Crippen MR) is 138 cm³/mol. The summed E-state index contributed by atoms with van der Waals surface area (Å²) in [7, 11) is 0. The van der Waals surface area contributed by atoms with Gasteiger partial charge < -0.3 is 4.74 Å². The summed E-state index contributed by atoms with van der Waals surface area (Å²) in [4.78, 5) is 0. The van der Waals surface area contributed by atoms with E-state index in [-0.39, 0.29) is 18.3 Å². The van der Waals surface area contributed by atoms with Crippen LogP contribution in [0.3, 0.4) is 0 Å². The van der Waals surface area contributed by atoms with Gasteiger partial charge in [-0.05, 0) is 124 Å². The van der Waals surface area contributed by atoms with Crippen LogP contribution in [-0.4, -0.2) is 18.5 Å². The van der Waals surface area contributed by atoms with E-state index in [9.17, 15) is 22.0 Å². The normalized spacial score (nSPS) is 30.9. The first-order chi connectivity index (χ1) is 18.5. The Balaban J connectivity index is 1.21. The van der Waals surface area contributed by atoms with Gasteiger partial charge >= 0.3 is 12.5 Å². The van der Waals surface area contributed by atoms with Gasteiger partial charge in [0.15, 0.2) is 11.6 Å². The summed E-state index contributed by atoms with van der Waals surface area (Å²) in [5.41, 5.74) is 0.660. The van der Waals surface area contributed by atoms with Crippen molar-refractivity contribution in [2.45, 2.75) is 128 Å². The summed E-state index contributed by atoms with van der Waals surface area (Å²) in [5, 5.41) is 0. The van der Waals surface area contributed by atoms with Gasteiger partial charge in [0.25, 0.3) is 5.92 Å². The topological polar surface area (TPSA) is 9.23 Å². The Morgan fingerprint density at radius 2 is 1.36 bits per heavy atom. The molecule has 0 bridgehead atoms. The maximum absolute atomic E-state index is 15.1. The summed E-state index contributed by atoms with van der Waals surface area (Å²) >= 11 is 0. The number of alkyl halides is 6. The summed E-state index contributed by atoms with van der Waals surface area (Å²) < 4.78 is 99.5. The van der Waals surface area contributed by atoms with Crippen molar-refractivity contribution < 1.29 is 35.5 Å². The van der Waals surface area contributed by atoms with E-state index in [1.165, 1.54) is 6.07 Å². The van der Waals surface area contributed by atoms with Gasteiger partial charge in [-0.2, -0.15) is 17.6 Å². The first-order valence-electron chi connectivity index (χ1n) is 15.0. The third kappa shape index (κ3) is 7.84. The average molecular weight is 565 g/mol. The molecule has 0 radical (unpaired) electrons. The summed E-state index contributed by atoms with van der Waals surface area (Å²) in [6, 6.07) is 3.59. The van der Waals surface area contributed by atoms with Gasteiger partial charge in [-0.15, -0.1) is 0 Å². The number of halogens is 7. The lowest BCUT2D eigenvalue weighted by molar-refractivity contribution is -0.254. The van der Waals surface area contributed by atoms with Gasteiger partial charge in [-0.25, -0.2) is 13.2 Å². The van der Waals surface area contributed by atoms with Crippen LogP contribution in [0.15, 0.2) is 18.2 Å². The lowest BCUT2D eigenvalue weighted by Crippen LogP contribution is -2.35. The summed E-state index contributed by atoms with van der Waals surface area (Å²) in [5.74, 6) is -3.11. The lowest BCUT2D eigenvalue weighted by atomic mass is 9.67. The van der Waals surface area contributed by atoms with E-state index in [0.717, 1.165) is 89.2 Å². The third-order valence-electron chi connectivity index (χ3n) is 9.96. The molecule has 3 saturated carbocycles. The third-order valence-corrected chi connectivity index (χ3v) is 9.96. The summed E-state index contributed by atoms with van der Waals surface area (Å²) in [6.07, 6.45) is 4.02. The van der Waals surface area contributed by atoms with Gasteiger partial charge in [-0.3, -0.25) is 0 Å². The molecule has 1 aromatic rings. The van der Waals surface area contributed by atoms with E-state index in [2.05, 4.69) is 11.7 Å². The van der Waals surface area contributed by atoms with Gasteiger partial charge in [-0.1, -0.05) is 25.8 Å². The minimum atomic E-state index is -4.75. The number of hydrogen-bond donors (Lipinski definition) is 0. The van der Waals surface area contributed by atoms with Crippen molar-refractivity contribution in [3.8, 4) is 5.75 Å². The maximum atomic E-state index is 15.1. The second-order valence-electron chi connectivity index (χ2n) is 12.5. The molecule has 0 N–H and O–H groups in total. The van der Waals surface area contributed by atoms with Crippen LogP contribution in [0.25, 0.3) is 0 Å². The molecule has 0 saturated heterocycles. The van der Waals surface area contributed by atoms with Gasteiger partial charge in [0.05, 0.1) is 0 Å². The van der Waals surface area contributed by atoms with Crippen LogP contribution in [0.4, 0.5) is 30.7 Å². The number of hydrogen-bond acceptors (Lipinski definition) is 1. The number of benzene rings is 1. The van der Waals surface area contributed by atoms with Crippen molar-refractivity contribution in [2.24, 2.45) is 29.6 Å². The molecule has 4 rings (SSSR count). The Bertz CT molecular complexity index is 896. The summed E-state index contributed by atoms with van der Waals surface area (Å²) in [6.45, 7) is 2.16. The smallest absolute Gasteiger partial charge is 0.425 e. The predicted octanol–water partition coefficient (Wildman–Crippen LogP) is 10.8. The molecule has 8 heteroatoms. The van der Waals surface area contributed by atoms with Gasteiger partial charge in [0.1, 0.15) is 0 Å². The molecule has 1 nitrogen and oxygen atoms in total. The molecule has 0 aromatic heterocycles. The van der Waals surface area contributed by atoms with Crippen molar-refractivity contribution in [3.63, 3.8) is 0 Å². The number of rotatable bonds is 10. The second kappa shape index (κ2) is 13.0. The van der Waals surface area contributed by atoms with Crippen molar-refractivity contribution in [1.82, 2.24) is 0 Å².